The lowest BCUT2D eigenvalue weighted by Gasteiger charge is -1.88. The molecule has 14 heavy (non-hydrogen) atoms. The molecule has 0 spiro atoms. The van der Waals surface area contributed by atoms with E-state index in [1.54, 1.807) is 29.8 Å². The fraction of sp³-hybridized carbons (Fsp3) is 0.100. The zero-order chi connectivity index (χ0) is 9.54. The zero-order valence-corrected chi connectivity index (χ0v) is 9.11. The molecule has 3 rings (SSSR count). The Morgan fingerprint density at radius 2 is 2.21 bits per heavy atom. The van der Waals surface area contributed by atoms with E-state index in [2.05, 4.69) is 28.6 Å². The van der Waals surface area contributed by atoms with Crippen LogP contribution in [0.25, 0.3) is 20.3 Å². The Morgan fingerprint density at radius 3 is 3.07 bits per heavy atom. The Morgan fingerprint density at radius 1 is 1.29 bits per heavy atom. The first-order chi connectivity index (χ1) is 6.88. The fourth-order valence-electron chi connectivity index (χ4n) is 1.48. The average molecular weight is 221 g/mol. The van der Waals surface area contributed by atoms with E-state index >= 15 is 0 Å². The van der Waals surface area contributed by atoms with Crippen LogP contribution in [-0.4, -0.2) is 12.1 Å². The molecule has 0 N–H and O–H groups in total. The molecule has 0 atom stereocenters. The lowest BCUT2D eigenvalue weighted by Crippen LogP contribution is -1.78. The van der Waals surface area contributed by atoms with Crippen molar-refractivity contribution in [1.82, 2.24) is 4.98 Å². The summed E-state index contributed by atoms with van der Waals surface area (Å²) in [6.45, 7) is 0. The first kappa shape index (κ1) is 8.20. The van der Waals surface area contributed by atoms with Gasteiger partial charge in [0.15, 0.2) is 0 Å². The number of fused-ring (bicyclic) bond motifs is 3. The van der Waals surface area contributed by atoms with E-state index in [1.807, 2.05) is 0 Å². The molecule has 4 heteroatoms. The van der Waals surface area contributed by atoms with Crippen molar-refractivity contribution in [3.63, 3.8) is 0 Å². The van der Waals surface area contributed by atoms with E-state index in [0.29, 0.717) is 0 Å². The first-order valence-electron chi connectivity index (χ1n) is 4.19. The zero-order valence-electron chi connectivity index (χ0n) is 7.48. The molecule has 3 aromatic rings. The minimum absolute atomic E-state index is 0.737. The molecule has 0 bridgehead atoms. The molecule has 2 nitrogen and oxygen atoms in total. The van der Waals surface area contributed by atoms with Gasteiger partial charge in [-0.3, -0.25) is 0 Å². The number of rotatable bonds is 1. The van der Waals surface area contributed by atoms with Crippen molar-refractivity contribution in [2.45, 2.75) is 0 Å². The van der Waals surface area contributed by atoms with E-state index in [9.17, 15) is 0 Å². The third-order valence-electron chi connectivity index (χ3n) is 2.13. The van der Waals surface area contributed by atoms with Gasteiger partial charge in [0.25, 0.3) is 5.19 Å². The third kappa shape index (κ3) is 1.04. The van der Waals surface area contributed by atoms with Crippen LogP contribution in [0, 0.1) is 0 Å². The van der Waals surface area contributed by atoms with Crippen LogP contribution < -0.4 is 4.74 Å². The largest absolute Gasteiger partial charge is 0.473 e. The molecule has 0 aliphatic heterocycles. The van der Waals surface area contributed by atoms with Crippen LogP contribution in [0.15, 0.2) is 23.6 Å². The second-order valence-corrected chi connectivity index (χ2v) is 4.84. The standard InChI is InChI=1S/C10H7NOS2/c1-12-10-11-8-7(14-10)3-2-6-4-5-13-9(6)8/h2-5H,1H3. The van der Waals surface area contributed by atoms with Crippen LogP contribution >= 0.6 is 22.7 Å². The lowest BCUT2D eigenvalue weighted by molar-refractivity contribution is 0.413. The van der Waals surface area contributed by atoms with Gasteiger partial charge in [0.05, 0.1) is 16.5 Å². The van der Waals surface area contributed by atoms with E-state index < -0.39 is 0 Å². The highest BCUT2D eigenvalue weighted by Gasteiger charge is 2.07. The number of aromatic nitrogens is 1. The summed E-state index contributed by atoms with van der Waals surface area (Å²) in [5, 5.41) is 4.09. The van der Waals surface area contributed by atoms with Gasteiger partial charge in [-0.2, -0.15) is 0 Å². The van der Waals surface area contributed by atoms with Gasteiger partial charge in [-0.15, -0.1) is 11.3 Å². The van der Waals surface area contributed by atoms with E-state index in [0.717, 1.165) is 10.7 Å². The number of hydrogen-bond donors (Lipinski definition) is 0. The second-order valence-electron chi connectivity index (χ2n) is 2.94. The van der Waals surface area contributed by atoms with Gasteiger partial charge >= 0.3 is 0 Å². The van der Waals surface area contributed by atoms with Gasteiger partial charge in [-0.25, -0.2) is 4.98 Å². The van der Waals surface area contributed by atoms with Gasteiger partial charge in [-0.05, 0) is 22.9 Å². The van der Waals surface area contributed by atoms with E-state index in [-0.39, 0.29) is 0 Å². The number of nitrogens with zero attached hydrogens (tertiary/aromatic N) is 1. The number of thiazole rings is 1. The van der Waals surface area contributed by atoms with Crippen LogP contribution in [0.4, 0.5) is 0 Å². The Balaban J connectivity index is 2.49. The number of hydrogen-bond acceptors (Lipinski definition) is 4. The minimum Gasteiger partial charge on any atom is -0.473 e. The van der Waals surface area contributed by atoms with Gasteiger partial charge < -0.3 is 4.74 Å². The molecule has 0 saturated heterocycles. The van der Waals surface area contributed by atoms with Gasteiger partial charge in [0.1, 0.15) is 5.52 Å². The van der Waals surface area contributed by atoms with Gasteiger partial charge in [-0.1, -0.05) is 17.4 Å². The van der Waals surface area contributed by atoms with Crippen LogP contribution in [-0.2, 0) is 0 Å². The van der Waals surface area contributed by atoms with Crippen molar-refractivity contribution in [3.05, 3.63) is 23.6 Å². The highest BCUT2D eigenvalue weighted by Crippen LogP contribution is 2.35. The summed E-state index contributed by atoms with van der Waals surface area (Å²) in [5.41, 5.74) is 1.07. The molecule has 2 aromatic heterocycles. The van der Waals surface area contributed by atoms with Crippen molar-refractivity contribution in [3.8, 4) is 5.19 Å². The molecular weight excluding hydrogens is 214 g/mol. The Hall–Kier alpha value is -1.13. The molecule has 0 aliphatic carbocycles. The molecule has 0 aliphatic rings. The van der Waals surface area contributed by atoms with Crippen LogP contribution in [0.5, 0.6) is 5.19 Å². The van der Waals surface area contributed by atoms with Crippen molar-refractivity contribution < 1.29 is 4.74 Å². The number of thiophene rings is 1. The fourth-order valence-corrected chi connectivity index (χ4v) is 3.23. The molecule has 0 radical (unpaired) electrons. The van der Waals surface area contributed by atoms with E-state index in [4.69, 9.17) is 4.74 Å². The van der Waals surface area contributed by atoms with E-state index in [1.165, 1.54) is 14.8 Å². The summed E-state index contributed by atoms with van der Waals surface area (Å²) in [7, 11) is 1.66. The highest BCUT2D eigenvalue weighted by atomic mass is 32.1. The SMILES string of the molecule is COc1nc2c(ccc3ccsc32)s1. The molecule has 0 amide bonds. The van der Waals surface area contributed by atoms with Crippen molar-refractivity contribution in [2.24, 2.45) is 0 Å². The van der Waals surface area contributed by atoms with Crippen molar-refractivity contribution in [1.29, 1.82) is 0 Å². The van der Waals surface area contributed by atoms with Gasteiger partial charge in [0, 0.05) is 0 Å². The smallest absolute Gasteiger partial charge is 0.274 e. The normalized spacial score (nSPS) is 11.2. The molecular formula is C10H7NOS2. The first-order valence-corrected chi connectivity index (χ1v) is 5.89. The molecule has 0 saturated carbocycles. The lowest BCUT2D eigenvalue weighted by atomic mass is 10.2. The monoisotopic (exact) mass is 221 g/mol. The maximum atomic E-state index is 5.14. The Bertz CT molecular complexity index is 596. The quantitative estimate of drug-likeness (QED) is 0.627. The van der Waals surface area contributed by atoms with Gasteiger partial charge in [0.2, 0.25) is 0 Å². The molecule has 2 heterocycles. The van der Waals surface area contributed by atoms with Crippen LogP contribution in [0.1, 0.15) is 0 Å². The second kappa shape index (κ2) is 2.93. The van der Waals surface area contributed by atoms with Crippen molar-refractivity contribution in [2.75, 3.05) is 7.11 Å². The summed E-state index contributed by atoms with van der Waals surface area (Å²) in [6.07, 6.45) is 0. The Labute approximate surface area is 88.8 Å². The molecule has 0 fully saturated rings. The summed E-state index contributed by atoms with van der Waals surface area (Å²) in [5.74, 6) is 0. The van der Waals surface area contributed by atoms with Crippen LogP contribution in [0.3, 0.4) is 0 Å². The minimum atomic E-state index is 0.737. The van der Waals surface area contributed by atoms with Crippen molar-refractivity contribution >= 4 is 43.0 Å². The number of methoxy groups -OCH3 is 1. The number of benzene rings is 1. The molecule has 0 unspecified atom stereocenters. The predicted molar refractivity (Wildman–Crippen MR) is 61.6 cm³/mol. The van der Waals surface area contributed by atoms with Crippen LogP contribution in [0.2, 0.25) is 0 Å². The third-order valence-corrected chi connectivity index (χ3v) is 4.05. The maximum absolute atomic E-state index is 5.14. The predicted octanol–water partition coefficient (Wildman–Crippen LogP) is 3.52. The average Bonchev–Trinajstić information content (AvgIpc) is 2.82. The topological polar surface area (TPSA) is 22.1 Å². The summed E-state index contributed by atoms with van der Waals surface area (Å²) >= 11 is 3.32. The summed E-state index contributed by atoms with van der Waals surface area (Å²) in [6, 6.07) is 6.35. The summed E-state index contributed by atoms with van der Waals surface area (Å²) in [4.78, 5) is 4.44. The molecule has 1 aromatic carbocycles. The Kier molecular flexibility index (Phi) is 1.72. The molecule has 70 valence electrons. The summed E-state index contributed by atoms with van der Waals surface area (Å²) < 4.78 is 7.58. The highest BCUT2D eigenvalue weighted by molar-refractivity contribution is 7.22. The number of ether oxygens (including phenoxy) is 1. The maximum Gasteiger partial charge on any atom is 0.274 e.